The molecule has 1 amide bonds. The molecule has 3 fully saturated rings. The van der Waals surface area contributed by atoms with Gasteiger partial charge in [0, 0.05) is 37.2 Å². The van der Waals surface area contributed by atoms with Gasteiger partial charge in [-0.05, 0) is 43.9 Å². The van der Waals surface area contributed by atoms with Crippen LogP contribution in [-0.2, 0) is 27.2 Å². The Labute approximate surface area is 219 Å². The number of halogens is 1. The first-order valence-electron chi connectivity index (χ1n) is 12.8. The summed E-state index contributed by atoms with van der Waals surface area (Å²) in [5.41, 5.74) is 1.65. The number of aromatic nitrogens is 3. The largest absolute Gasteiger partial charge is 0.481 e. The Kier molecular flexibility index (Phi) is 6.37. The minimum atomic E-state index is -0.509. The molecule has 200 valence electrons. The van der Waals surface area contributed by atoms with Crippen molar-refractivity contribution in [2.45, 2.75) is 55.9 Å². The standard InChI is InChI=1S/C27H30FN5O5/c1-35-21(11-17-18(28)13-29-19-4-6-23(36-2)33-24(17)19)27-9-7-26(8-10-27,15-38-27)30-12-16-3-5-20-25(31-16)32-22(34)14-37-20/h3-6,13,21,30H,7-12,14-15H2,1-2H3,(H,31,32,34). The van der Waals surface area contributed by atoms with Gasteiger partial charge in [-0.1, -0.05) is 0 Å². The number of nitrogens with zero attached hydrogens (tertiary/aromatic N) is 3. The van der Waals surface area contributed by atoms with E-state index in [-0.39, 0.29) is 24.2 Å². The van der Waals surface area contributed by atoms with E-state index in [2.05, 4.69) is 25.6 Å². The van der Waals surface area contributed by atoms with Crippen LogP contribution in [0.5, 0.6) is 11.6 Å². The van der Waals surface area contributed by atoms with Gasteiger partial charge >= 0.3 is 0 Å². The first-order chi connectivity index (χ1) is 18.4. The van der Waals surface area contributed by atoms with Crippen molar-refractivity contribution in [1.29, 1.82) is 0 Å². The summed E-state index contributed by atoms with van der Waals surface area (Å²) in [4.78, 5) is 24.8. The molecule has 38 heavy (non-hydrogen) atoms. The molecule has 1 aliphatic carbocycles. The highest BCUT2D eigenvalue weighted by molar-refractivity contribution is 5.94. The Morgan fingerprint density at radius 1 is 1.16 bits per heavy atom. The second-order valence-corrected chi connectivity index (χ2v) is 10.2. The van der Waals surface area contributed by atoms with Gasteiger partial charge in [0.2, 0.25) is 5.88 Å². The normalized spacial score (nSPS) is 25.0. The molecule has 2 bridgehead atoms. The van der Waals surface area contributed by atoms with Crippen LogP contribution in [0.4, 0.5) is 10.2 Å². The van der Waals surface area contributed by atoms with Gasteiger partial charge in [-0.25, -0.2) is 14.4 Å². The van der Waals surface area contributed by atoms with Crippen LogP contribution in [0.3, 0.4) is 0 Å². The van der Waals surface area contributed by atoms with Crippen molar-refractivity contribution in [2.24, 2.45) is 0 Å². The number of fused-ring (bicyclic) bond motifs is 5. The molecule has 4 aliphatic rings. The molecule has 0 aromatic carbocycles. The molecule has 11 heteroatoms. The highest BCUT2D eigenvalue weighted by Crippen LogP contribution is 2.47. The SMILES string of the molecule is COc1ccc2ncc(F)c(CC(OC)C34CCC(NCc5ccc6c(n5)NC(=O)CO6)(CC3)CO4)c2n1. The van der Waals surface area contributed by atoms with Gasteiger partial charge < -0.3 is 29.6 Å². The summed E-state index contributed by atoms with van der Waals surface area (Å²) < 4.78 is 38.1. The zero-order chi connectivity index (χ0) is 26.3. The molecule has 7 rings (SSSR count). The van der Waals surface area contributed by atoms with E-state index in [1.165, 1.54) is 13.3 Å². The number of rotatable bonds is 8. The van der Waals surface area contributed by atoms with Crippen molar-refractivity contribution in [1.82, 2.24) is 20.3 Å². The molecular weight excluding hydrogens is 493 g/mol. The molecule has 1 atom stereocenters. The lowest BCUT2D eigenvalue weighted by Crippen LogP contribution is -2.65. The third kappa shape index (κ3) is 4.44. The van der Waals surface area contributed by atoms with Crippen LogP contribution >= 0.6 is 0 Å². The van der Waals surface area contributed by atoms with Crippen LogP contribution < -0.4 is 20.1 Å². The van der Waals surface area contributed by atoms with E-state index in [0.717, 1.165) is 31.4 Å². The summed E-state index contributed by atoms with van der Waals surface area (Å²) in [6, 6.07) is 7.22. The quantitative estimate of drug-likeness (QED) is 0.460. The van der Waals surface area contributed by atoms with Gasteiger partial charge in [0.25, 0.3) is 5.91 Å². The second kappa shape index (κ2) is 9.72. The first kappa shape index (κ1) is 24.9. The molecular formula is C27H30FN5O5. The number of carbonyl (C=O) groups is 1. The number of amides is 1. The van der Waals surface area contributed by atoms with Crippen LogP contribution in [0.2, 0.25) is 0 Å². The van der Waals surface area contributed by atoms with Gasteiger partial charge in [-0.15, -0.1) is 0 Å². The number of hydrogen-bond donors (Lipinski definition) is 2. The summed E-state index contributed by atoms with van der Waals surface area (Å²) in [7, 11) is 3.18. The van der Waals surface area contributed by atoms with Crippen molar-refractivity contribution >= 4 is 22.8 Å². The minimum Gasteiger partial charge on any atom is -0.481 e. The minimum absolute atomic E-state index is 0.00563. The summed E-state index contributed by atoms with van der Waals surface area (Å²) in [5.74, 6) is 0.807. The second-order valence-electron chi connectivity index (χ2n) is 10.2. The Hall–Kier alpha value is -3.41. The molecule has 0 radical (unpaired) electrons. The van der Waals surface area contributed by atoms with Gasteiger partial charge in [0.15, 0.2) is 18.2 Å². The van der Waals surface area contributed by atoms with E-state index in [0.29, 0.717) is 53.6 Å². The fraction of sp³-hybridized carbons (Fsp3) is 0.481. The molecule has 1 unspecified atom stereocenters. The highest BCUT2D eigenvalue weighted by atomic mass is 19.1. The van der Waals surface area contributed by atoms with Gasteiger partial charge in [0.1, 0.15) is 5.82 Å². The number of methoxy groups -OCH3 is 2. The highest BCUT2D eigenvalue weighted by Gasteiger charge is 2.53. The van der Waals surface area contributed by atoms with E-state index >= 15 is 4.39 Å². The summed E-state index contributed by atoms with van der Waals surface area (Å²) >= 11 is 0. The fourth-order valence-corrected chi connectivity index (χ4v) is 5.80. The lowest BCUT2D eigenvalue weighted by atomic mass is 9.68. The maximum atomic E-state index is 15.0. The van der Waals surface area contributed by atoms with Crippen molar-refractivity contribution in [3.05, 3.63) is 47.5 Å². The molecule has 6 heterocycles. The molecule has 0 spiro atoms. The fourth-order valence-electron chi connectivity index (χ4n) is 5.80. The smallest absolute Gasteiger partial charge is 0.263 e. The van der Waals surface area contributed by atoms with Gasteiger partial charge in [-0.2, -0.15) is 0 Å². The summed E-state index contributed by atoms with van der Waals surface area (Å²) in [6.45, 7) is 1.06. The number of ether oxygens (including phenoxy) is 4. The monoisotopic (exact) mass is 523 g/mol. The average Bonchev–Trinajstić information content (AvgIpc) is 2.96. The molecule has 3 aromatic rings. The van der Waals surface area contributed by atoms with E-state index in [9.17, 15) is 4.79 Å². The zero-order valence-corrected chi connectivity index (χ0v) is 21.4. The first-order valence-corrected chi connectivity index (χ1v) is 12.8. The van der Waals surface area contributed by atoms with Crippen LogP contribution in [-0.4, -0.2) is 65.5 Å². The molecule has 2 saturated heterocycles. The van der Waals surface area contributed by atoms with Crippen molar-refractivity contribution in [3.8, 4) is 11.6 Å². The maximum Gasteiger partial charge on any atom is 0.263 e. The molecule has 3 aromatic heterocycles. The lowest BCUT2D eigenvalue weighted by Gasteiger charge is -2.55. The zero-order valence-electron chi connectivity index (χ0n) is 21.4. The topological polar surface area (TPSA) is 117 Å². The number of carbonyl (C=O) groups excluding carboxylic acids is 1. The third-order valence-corrected chi connectivity index (χ3v) is 8.08. The Morgan fingerprint density at radius 2 is 2.00 bits per heavy atom. The summed E-state index contributed by atoms with van der Waals surface area (Å²) in [6.07, 6.45) is 4.55. The Bertz CT molecular complexity index is 1360. The predicted molar refractivity (Wildman–Crippen MR) is 136 cm³/mol. The van der Waals surface area contributed by atoms with Crippen molar-refractivity contribution in [3.63, 3.8) is 0 Å². The Balaban J connectivity index is 1.15. The Morgan fingerprint density at radius 3 is 2.74 bits per heavy atom. The van der Waals surface area contributed by atoms with E-state index in [1.807, 2.05) is 12.1 Å². The predicted octanol–water partition coefficient (Wildman–Crippen LogP) is 2.93. The van der Waals surface area contributed by atoms with Crippen LogP contribution in [0.15, 0.2) is 30.5 Å². The van der Waals surface area contributed by atoms with Crippen molar-refractivity contribution < 1.29 is 28.1 Å². The summed E-state index contributed by atoms with van der Waals surface area (Å²) in [5, 5.41) is 6.40. The number of anilines is 1. The van der Waals surface area contributed by atoms with Gasteiger partial charge in [-0.3, -0.25) is 9.78 Å². The molecule has 2 N–H and O–H groups in total. The lowest BCUT2D eigenvalue weighted by molar-refractivity contribution is -0.214. The maximum absolute atomic E-state index is 15.0. The van der Waals surface area contributed by atoms with E-state index in [1.54, 1.807) is 19.2 Å². The van der Waals surface area contributed by atoms with E-state index < -0.39 is 11.4 Å². The average molecular weight is 524 g/mol. The molecule has 1 saturated carbocycles. The number of hydrogen-bond acceptors (Lipinski definition) is 9. The number of nitrogens with one attached hydrogen (secondary N) is 2. The molecule has 10 nitrogen and oxygen atoms in total. The van der Waals surface area contributed by atoms with Crippen LogP contribution in [0.1, 0.15) is 36.9 Å². The van der Waals surface area contributed by atoms with Gasteiger partial charge in [0.05, 0.1) is 48.3 Å². The molecule has 3 aliphatic heterocycles. The van der Waals surface area contributed by atoms with Crippen molar-refractivity contribution in [2.75, 3.05) is 32.8 Å². The van der Waals surface area contributed by atoms with E-state index in [4.69, 9.17) is 18.9 Å². The number of pyridine rings is 3. The van der Waals surface area contributed by atoms with Crippen LogP contribution in [0, 0.1) is 5.82 Å². The van der Waals surface area contributed by atoms with Crippen LogP contribution in [0.25, 0.3) is 11.0 Å². The third-order valence-electron chi connectivity index (χ3n) is 8.08.